The molecule has 0 heterocycles. The van der Waals surface area contributed by atoms with Gasteiger partial charge in [0, 0.05) is 18.6 Å². The summed E-state index contributed by atoms with van der Waals surface area (Å²) in [7, 11) is 0. The van der Waals surface area contributed by atoms with Gasteiger partial charge in [0.25, 0.3) is 0 Å². The predicted molar refractivity (Wildman–Crippen MR) is 67.9 cm³/mol. The Balaban J connectivity index is 1.71. The predicted octanol–water partition coefficient (Wildman–Crippen LogP) is 2.44. The molecule has 6 heteroatoms. The molecule has 1 atom stereocenters. The van der Waals surface area contributed by atoms with Crippen LogP contribution in [0.1, 0.15) is 38.5 Å². The fraction of sp³-hybridized carbons (Fsp3) is 0.929. The highest BCUT2D eigenvalue weighted by molar-refractivity contribution is 5.19. The maximum atomic E-state index is 12.7. The van der Waals surface area contributed by atoms with E-state index in [-0.39, 0.29) is 18.5 Å². The number of rotatable bonds is 7. The lowest BCUT2D eigenvalue weighted by Gasteiger charge is -2.35. The molecule has 1 unspecified atom stereocenters. The first-order valence-corrected chi connectivity index (χ1v) is 7.42. The van der Waals surface area contributed by atoms with E-state index in [1.165, 1.54) is 4.90 Å². The van der Waals surface area contributed by atoms with E-state index in [1.807, 2.05) is 0 Å². The van der Waals surface area contributed by atoms with E-state index in [0.717, 1.165) is 38.5 Å². The average molecular weight is 287 g/mol. The number of nitriles is 1. The second-order valence-corrected chi connectivity index (χ2v) is 6.53. The molecular weight excluding hydrogens is 267 g/mol. The largest absolute Gasteiger partial charge is 0.401 e. The highest BCUT2D eigenvalue weighted by Crippen LogP contribution is 2.43. The zero-order valence-corrected chi connectivity index (χ0v) is 11.4. The molecule has 0 bridgehead atoms. The molecule has 0 aromatic carbocycles. The van der Waals surface area contributed by atoms with Crippen LogP contribution in [0, 0.1) is 17.2 Å². The van der Waals surface area contributed by atoms with Crippen molar-refractivity contribution in [3.63, 3.8) is 0 Å². The normalized spacial score (nSPS) is 26.4. The number of nitrogens with zero attached hydrogens (tertiary/aromatic N) is 2. The first-order valence-electron chi connectivity index (χ1n) is 7.42. The molecule has 1 N–H and O–H groups in total. The summed E-state index contributed by atoms with van der Waals surface area (Å²) in [6.07, 6.45) is 1.46. The molecule has 3 aliphatic rings. The third kappa shape index (κ3) is 3.44. The minimum absolute atomic E-state index is 0.0177. The average Bonchev–Trinajstić information content (AvgIpc) is 3.23. The van der Waals surface area contributed by atoms with Crippen molar-refractivity contribution in [2.75, 3.05) is 13.1 Å². The van der Waals surface area contributed by atoms with E-state index >= 15 is 0 Å². The Morgan fingerprint density at radius 3 is 2.10 bits per heavy atom. The summed E-state index contributed by atoms with van der Waals surface area (Å²) in [5.41, 5.74) is -0.769. The monoisotopic (exact) mass is 287 g/mol. The van der Waals surface area contributed by atoms with Gasteiger partial charge in [-0.1, -0.05) is 0 Å². The lowest BCUT2D eigenvalue weighted by molar-refractivity contribution is -0.148. The van der Waals surface area contributed by atoms with Gasteiger partial charge < -0.3 is 0 Å². The van der Waals surface area contributed by atoms with Gasteiger partial charge in [-0.3, -0.25) is 10.2 Å². The van der Waals surface area contributed by atoms with Gasteiger partial charge in [0.05, 0.1) is 12.6 Å². The van der Waals surface area contributed by atoms with Crippen molar-refractivity contribution in [3.05, 3.63) is 0 Å². The summed E-state index contributed by atoms with van der Waals surface area (Å²) in [5, 5.41) is 12.9. The maximum absolute atomic E-state index is 12.7. The Hall–Kier alpha value is -0.800. The zero-order chi connectivity index (χ0) is 14.4. The van der Waals surface area contributed by atoms with Gasteiger partial charge in [0.1, 0.15) is 5.54 Å². The molecule has 20 heavy (non-hydrogen) atoms. The number of hydrogen-bond acceptors (Lipinski definition) is 3. The molecule has 3 rings (SSSR count). The molecule has 3 aliphatic carbocycles. The van der Waals surface area contributed by atoms with Crippen LogP contribution in [0.15, 0.2) is 0 Å². The SMILES string of the molecule is N#CC(CN(CC(F)(F)F)C1CC1)(NC1CC1)C1CC1. The van der Waals surface area contributed by atoms with E-state index in [1.54, 1.807) is 0 Å². The summed E-state index contributed by atoms with van der Waals surface area (Å²) >= 11 is 0. The highest BCUT2D eigenvalue weighted by atomic mass is 19.4. The first kappa shape index (κ1) is 14.2. The molecule has 0 aromatic heterocycles. The van der Waals surface area contributed by atoms with Gasteiger partial charge in [-0.25, -0.2) is 0 Å². The van der Waals surface area contributed by atoms with Crippen molar-refractivity contribution in [1.82, 2.24) is 10.2 Å². The molecule has 3 nitrogen and oxygen atoms in total. The smallest absolute Gasteiger partial charge is 0.295 e. The van der Waals surface area contributed by atoms with Crippen molar-refractivity contribution in [1.29, 1.82) is 5.26 Å². The molecule has 0 saturated heterocycles. The number of hydrogen-bond donors (Lipinski definition) is 1. The minimum Gasteiger partial charge on any atom is -0.295 e. The standard InChI is InChI=1S/C14H20F3N3/c15-14(16,17)9-20(12-5-6-12)8-13(7-18,10-1-2-10)19-11-3-4-11/h10-12,19H,1-6,8-9H2. The summed E-state index contributed by atoms with van der Waals surface area (Å²) in [5.74, 6) is 0.225. The van der Waals surface area contributed by atoms with Crippen LogP contribution in [0.25, 0.3) is 0 Å². The van der Waals surface area contributed by atoms with E-state index in [4.69, 9.17) is 0 Å². The third-order valence-electron chi connectivity index (χ3n) is 4.41. The molecule has 0 spiro atoms. The lowest BCUT2D eigenvalue weighted by atomic mass is 9.93. The summed E-state index contributed by atoms with van der Waals surface area (Å²) in [6.45, 7) is -0.672. The van der Waals surface area contributed by atoms with E-state index in [0.29, 0.717) is 6.04 Å². The topological polar surface area (TPSA) is 39.1 Å². The van der Waals surface area contributed by atoms with Crippen LogP contribution >= 0.6 is 0 Å². The van der Waals surface area contributed by atoms with Gasteiger partial charge in [-0.05, 0) is 44.4 Å². The molecule has 0 aromatic rings. The van der Waals surface area contributed by atoms with Crippen molar-refractivity contribution >= 4 is 0 Å². The second-order valence-electron chi connectivity index (χ2n) is 6.53. The van der Waals surface area contributed by atoms with Crippen LogP contribution in [0.3, 0.4) is 0 Å². The van der Waals surface area contributed by atoms with Crippen LogP contribution in [-0.2, 0) is 0 Å². The quantitative estimate of drug-likeness (QED) is 0.781. The first-order chi connectivity index (χ1) is 9.42. The van der Waals surface area contributed by atoms with Gasteiger partial charge in [-0.2, -0.15) is 18.4 Å². The lowest BCUT2D eigenvalue weighted by Crippen LogP contribution is -2.57. The molecule has 0 aliphatic heterocycles. The molecular formula is C14H20F3N3. The Bertz CT molecular complexity index is 405. The Kier molecular flexibility index (Phi) is 3.46. The number of halogens is 3. The van der Waals surface area contributed by atoms with Gasteiger partial charge in [-0.15, -0.1) is 0 Å². The second kappa shape index (κ2) is 4.88. The van der Waals surface area contributed by atoms with E-state index in [2.05, 4.69) is 11.4 Å². The van der Waals surface area contributed by atoms with Crippen LogP contribution in [0.4, 0.5) is 13.2 Å². The molecule has 3 saturated carbocycles. The van der Waals surface area contributed by atoms with Gasteiger partial charge >= 0.3 is 6.18 Å². The summed E-state index contributed by atoms with van der Waals surface area (Å²) in [6, 6.07) is 2.68. The van der Waals surface area contributed by atoms with Crippen molar-refractivity contribution < 1.29 is 13.2 Å². The Morgan fingerprint density at radius 1 is 1.05 bits per heavy atom. The van der Waals surface area contributed by atoms with Crippen LogP contribution in [0.5, 0.6) is 0 Å². The zero-order valence-electron chi connectivity index (χ0n) is 11.4. The molecule has 112 valence electrons. The highest BCUT2D eigenvalue weighted by Gasteiger charge is 2.51. The third-order valence-corrected chi connectivity index (χ3v) is 4.41. The number of alkyl halides is 3. The van der Waals surface area contributed by atoms with Gasteiger partial charge in [0.2, 0.25) is 0 Å². The van der Waals surface area contributed by atoms with Gasteiger partial charge in [0.15, 0.2) is 0 Å². The van der Waals surface area contributed by atoms with Crippen LogP contribution in [-0.4, -0.2) is 41.8 Å². The fourth-order valence-electron chi connectivity index (χ4n) is 2.92. The van der Waals surface area contributed by atoms with E-state index < -0.39 is 18.3 Å². The Morgan fingerprint density at radius 2 is 1.70 bits per heavy atom. The maximum Gasteiger partial charge on any atom is 0.401 e. The Labute approximate surface area is 117 Å². The minimum atomic E-state index is -4.19. The summed E-state index contributed by atoms with van der Waals surface area (Å²) < 4.78 is 38.2. The molecule has 0 amide bonds. The van der Waals surface area contributed by atoms with Crippen LogP contribution < -0.4 is 5.32 Å². The number of nitrogens with one attached hydrogen (secondary N) is 1. The molecule has 3 fully saturated rings. The molecule has 0 radical (unpaired) electrons. The van der Waals surface area contributed by atoms with E-state index in [9.17, 15) is 18.4 Å². The van der Waals surface area contributed by atoms with Crippen molar-refractivity contribution in [2.45, 2.75) is 62.3 Å². The van der Waals surface area contributed by atoms with Crippen molar-refractivity contribution in [2.24, 2.45) is 5.92 Å². The fourth-order valence-corrected chi connectivity index (χ4v) is 2.92. The summed E-state index contributed by atoms with van der Waals surface area (Å²) in [4.78, 5) is 1.48. The van der Waals surface area contributed by atoms with Crippen LogP contribution in [0.2, 0.25) is 0 Å². The van der Waals surface area contributed by atoms with Crippen molar-refractivity contribution in [3.8, 4) is 6.07 Å².